The topological polar surface area (TPSA) is 102 Å². The summed E-state index contributed by atoms with van der Waals surface area (Å²) in [5.41, 5.74) is 5.93. The number of aryl methyl sites for hydroxylation is 3. The van der Waals surface area contributed by atoms with Gasteiger partial charge in [-0.3, -0.25) is 9.59 Å². The minimum atomic E-state index is -1.06. The van der Waals surface area contributed by atoms with E-state index in [0.717, 1.165) is 39.5 Å². The Labute approximate surface area is 205 Å². The molecule has 2 amide bonds. The first kappa shape index (κ1) is 25.4. The van der Waals surface area contributed by atoms with E-state index in [1.165, 1.54) is 13.0 Å². The van der Waals surface area contributed by atoms with Gasteiger partial charge in [0.15, 0.2) is 6.10 Å². The highest BCUT2D eigenvalue weighted by Crippen LogP contribution is 2.20. The van der Waals surface area contributed by atoms with Crippen LogP contribution in [0.15, 0.2) is 54.6 Å². The third-order valence-corrected chi connectivity index (χ3v) is 5.57. The number of rotatable bonds is 8. The second-order valence-corrected chi connectivity index (χ2v) is 8.28. The van der Waals surface area contributed by atoms with Crippen molar-refractivity contribution in [3.05, 3.63) is 82.7 Å². The zero-order chi connectivity index (χ0) is 25.5. The van der Waals surface area contributed by atoms with Gasteiger partial charge >= 0.3 is 5.97 Å². The first-order valence-corrected chi connectivity index (χ1v) is 11.3. The van der Waals surface area contributed by atoms with Crippen molar-refractivity contribution >= 4 is 29.5 Å². The highest BCUT2D eigenvalue weighted by atomic mass is 16.5. The van der Waals surface area contributed by atoms with E-state index in [4.69, 9.17) is 4.74 Å². The van der Waals surface area contributed by atoms with Crippen LogP contribution in [0.1, 0.15) is 35.0 Å². The molecule has 0 aliphatic heterocycles. The minimum absolute atomic E-state index is 0.235. The van der Waals surface area contributed by atoms with Gasteiger partial charge in [-0.1, -0.05) is 36.4 Å². The number of carbonyl (C=O) groups excluding carboxylic acids is 3. The lowest BCUT2D eigenvalue weighted by atomic mass is 10.1. The molecule has 2 aromatic carbocycles. The number of aromatic nitrogens is 2. The predicted molar refractivity (Wildman–Crippen MR) is 135 cm³/mol. The van der Waals surface area contributed by atoms with E-state index in [1.807, 2.05) is 76.2 Å². The van der Waals surface area contributed by atoms with Crippen LogP contribution in [0, 0.1) is 27.7 Å². The fraction of sp³-hybridized carbons (Fsp3) is 0.259. The number of ether oxygens (including phenoxy) is 1. The Bertz CT molecular complexity index is 1240. The normalized spacial score (nSPS) is 11.8. The van der Waals surface area contributed by atoms with Gasteiger partial charge in [-0.05, 0) is 64.0 Å². The van der Waals surface area contributed by atoms with Crippen molar-refractivity contribution in [2.24, 2.45) is 0 Å². The zero-order valence-electron chi connectivity index (χ0n) is 20.6. The van der Waals surface area contributed by atoms with Gasteiger partial charge in [0.25, 0.3) is 5.91 Å². The maximum Gasteiger partial charge on any atom is 0.331 e. The molecule has 1 atom stereocenters. The lowest BCUT2D eigenvalue weighted by Gasteiger charge is -2.14. The van der Waals surface area contributed by atoms with Crippen molar-refractivity contribution in [2.45, 2.75) is 40.7 Å². The molecule has 0 saturated heterocycles. The number of anilines is 1. The lowest BCUT2D eigenvalue weighted by molar-refractivity contribution is -0.150. The Morgan fingerprint density at radius 3 is 2.31 bits per heavy atom. The molecule has 0 saturated carbocycles. The number of benzene rings is 2. The molecule has 3 aromatic rings. The van der Waals surface area contributed by atoms with Crippen molar-refractivity contribution in [3.8, 4) is 5.69 Å². The second-order valence-electron chi connectivity index (χ2n) is 8.28. The summed E-state index contributed by atoms with van der Waals surface area (Å²) in [5, 5.41) is 9.83. The molecule has 182 valence electrons. The van der Waals surface area contributed by atoms with Crippen LogP contribution >= 0.6 is 0 Å². The summed E-state index contributed by atoms with van der Waals surface area (Å²) in [4.78, 5) is 36.8. The number of nitrogens with one attached hydrogen (secondary N) is 2. The molecule has 0 aliphatic carbocycles. The van der Waals surface area contributed by atoms with Crippen LogP contribution in [-0.2, 0) is 19.1 Å². The molecule has 0 fully saturated rings. The fourth-order valence-electron chi connectivity index (χ4n) is 3.64. The van der Waals surface area contributed by atoms with Crippen LogP contribution in [-0.4, -0.2) is 40.2 Å². The number of nitrogens with zero attached hydrogens (tertiary/aromatic N) is 2. The van der Waals surface area contributed by atoms with Gasteiger partial charge < -0.3 is 15.4 Å². The highest BCUT2D eigenvalue weighted by molar-refractivity contribution is 5.97. The van der Waals surface area contributed by atoms with Gasteiger partial charge in [-0.15, -0.1) is 0 Å². The van der Waals surface area contributed by atoms with Crippen molar-refractivity contribution < 1.29 is 19.1 Å². The van der Waals surface area contributed by atoms with Gasteiger partial charge in [0, 0.05) is 23.0 Å². The van der Waals surface area contributed by atoms with Crippen LogP contribution in [0.4, 0.5) is 5.69 Å². The van der Waals surface area contributed by atoms with E-state index in [0.29, 0.717) is 0 Å². The summed E-state index contributed by atoms with van der Waals surface area (Å²) in [6.45, 7) is 8.78. The summed E-state index contributed by atoms with van der Waals surface area (Å²) >= 11 is 0. The predicted octanol–water partition coefficient (Wildman–Crippen LogP) is 3.81. The van der Waals surface area contributed by atoms with E-state index < -0.39 is 18.0 Å². The molecule has 0 aliphatic rings. The van der Waals surface area contributed by atoms with Gasteiger partial charge in [-0.2, -0.15) is 5.10 Å². The molecule has 0 spiro atoms. The molecule has 35 heavy (non-hydrogen) atoms. The van der Waals surface area contributed by atoms with Gasteiger partial charge in [0.1, 0.15) is 0 Å². The maximum absolute atomic E-state index is 12.3. The van der Waals surface area contributed by atoms with E-state index in [1.54, 1.807) is 10.8 Å². The molecule has 8 heteroatoms. The number of carbonyl (C=O) groups is 3. The second kappa shape index (κ2) is 11.3. The number of esters is 1. The lowest BCUT2D eigenvalue weighted by Crippen LogP contribution is -2.40. The largest absolute Gasteiger partial charge is 0.449 e. The zero-order valence-corrected chi connectivity index (χ0v) is 20.6. The fourth-order valence-corrected chi connectivity index (χ4v) is 3.64. The quantitative estimate of drug-likeness (QED) is 0.382. The summed E-state index contributed by atoms with van der Waals surface area (Å²) in [5.74, 6) is -1.60. The maximum atomic E-state index is 12.3. The Kier molecular flexibility index (Phi) is 8.20. The Morgan fingerprint density at radius 2 is 1.66 bits per heavy atom. The number of amides is 2. The first-order chi connectivity index (χ1) is 16.7. The molecule has 1 heterocycles. The minimum Gasteiger partial charge on any atom is -0.449 e. The highest BCUT2D eigenvalue weighted by Gasteiger charge is 2.18. The van der Waals surface area contributed by atoms with E-state index >= 15 is 0 Å². The first-order valence-electron chi connectivity index (χ1n) is 11.3. The average Bonchev–Trinajstić information content (AvgIpc) is 3.12. The third kappa shape index (κ3) is 6.44. The summed E-state index contributed by atoms with van der Waals surface area (Å²) in [6, 6.07) is 15.4. The van der Waals surface area contributed by atoms with Crippen LogP contribution in [0.25, 0.3) is 11.8 Å². The molecular formula is C27H30N4O4. The number of hydrogen-bond donors (Lipinski definition) is 2. The monoisotopic (exact) mass is 474 g/mol. The van der Waals surface area contributed by atoms with Crippen molar-refractivity contribution in [2.75, 3.05) is 11.9 Å². The van der Waals surface area contributed by atoms with Crippen molar-refractivity contribution in [1.82, 2.24) is 15.1 Å². The van der Waals surface area contributed by atoms with E-state index in [2.05, 4.69) is 15.7 Å². The van der Waals surface area contributed by atoms with Gasteiger partial charge in [0.2, 0.25) is 5.91 Å². The standard InChI is InChI=1S/C27H30N4O4/c1-17-10-9-11-18(2)26(17)29-24(32)16-28-27(34)21(5)35-25(33)15-14-23-19(3)30-31(20(23)4)22-12-7-6-8-13-22/h6-15,21H,16H2,1-5H3,(H,28,34)(H,29,32)/b15-14+. The molecule has 3 rings (SSSR count). The summed E-state index contributed by atoms with van der Waals surface area (Å²) in [7, 11) is 0. The van der Waals surface area contributed by atoms with Gasteiger partial charge in [-0.25, -0.2) is 9.48 Å². The van der Waals surface area contributed by atoms with Crippen molar-refractivity contribution in [1.29, 1.82) is 0 Å². The third-order valence-electron chi connectivity index (χ3n) is 5.57. The number of para-hydroxylation sites is 2. The molecule has 1 unspecified atom stereocenters. The van der Waals surface area contributed by atoms with Gasteiger partial charge in [0.05, 0.1) is 17.9 Å². The Morgan fingerprint density at radius 1 is 1.00 bits per heavy atom. The summed E-state index contributed by atoms with van der Waals surface area (Å²) in [6.07, 6.45) is 1.83. The molecule has 0 bridgehead atoms. The molecular weight excluding hydrogens is 444 g/mol. The summed E-state index contributed by atoms with van der Waals surface area (Å²) < 4.78 is 7.00. The van der Waals surface area contributed by atoms with E-state index in [-0.39, 0.29) is 12.5 Å². The molecule has 0 radical (unpaired) electrons. The van der Waals surface area contributed by atoms with Crippen LogP contribution in [0.3, 0.4) is 0 Å². The number of hydrogen-bond acceptors (Lipinski definition) is 5. The van der Waals surface area contributed by atoms with Crippen LogP contribution < -0.4 is 10.6 Å². The molecule has 1 aromatic heterocycles. The van der Waals surface area contributed by atoms with Crippen LogP contribution in [0.5, 0.6) is 0 Å². The average molecular weight is 475 g/mol. The SMILES string of the molecule is Cc1cccc(C)c1NC(=O)CNC(=O)C(C)OC(=O)/C=C/c1c(C)nn(-c2ccccc2)c1C. The Balaban J connectivity index is 1.53. The van der Waals surface area contributed by atoms with E-state index in [9.17, 15) is 14.4 Å². The molecule has 8 nitrogen and oxygen atoms in total. The Hall–Kier alpha value is -4.20. The van der Waals surface area contributed by atoms with Crippen molar-refractivity contribution in [3.63, 3.8) is 0 Å². The van der Waals surface area contributed by atoms with Crippen LogP contribution in [0.2, 0.25) is 0 Å². The smallest absolute Gasteiger partial charge is 0.331 e. The molecule has 2 N–H and O–H groups in total.